The summed E-state index contributed by atoms with van der Waals surface area (Å²) in [5.41, 5.74) is 20.1. The molecule has 0 spiro atoms. The van der Waals surface area contributed by atoms with Crippen LogP contribution in [0.5, 0.6) is 0 Å². The van der Waals surface area contributed by atoms with Crippen molar-refractivity contribution in [2.75, 3.05) is 5.32 Å². The van der Waals surface area contributed by atoms with Crippen LogP contribution in [-0.4, -0.2) is 0 Å². The van der Waals surface area contributed by atoms with Gasteiger partial charge in [-0.2, -0.15) is 0 Å². The molecule has 0 radical (unpaired) electrons. The minimum atomic E-state index is -0.217. The van der Waals surface area contributed by atoms with Crippen molar-refractivity contribution >= 4 is 33.3 Å². The van der Waals surface area contributed by atoms with Crippen molar-refractivity contribution in [2.24, 2.45) is 0 Å². The van der Waals surface area contributed by atoms with Crippen LogP contribution in [0.3, 0.4) is 0 Å². The molecule has 0 unspecified atom stereocenters. The van der Waals surface area contributed by atoms with Crippen LogP contribution in [0.25, 0.3) is 55.3 Å². The topological polar surface area (TPSA) is 25.2 Å². The van der Waals surface area contributed by atoms with Gasteiger partial charge in [0.1, 0.15) is 11.2 Å². The van der Waals surface area contributed by atoms with Crippen molar-refractivity contribution in [3.05, 3.63) is 143 Å². The second-order valence-corrected chi connectivity index (χ2v) is 15.4. The molecule has 228 valence electrons. The Bertz CT molecular complexity index is 2520. The SMILES string of the molecule is CC1(C)c2ccccc2-c2c(Nc3ccc4c(c3)C(C)(C)c3c5c(c6oc7ccccc7c6c3-4)-c3ccccc3C5(C)C)cccc21. The van der Waals surface area contributed by atoms with Gasteiger partial charge in [0.15, 0.2) is 0 Å². The lowest BCUT2D eigenvalue weighted by molar-refractivity contribution is 0.600. The van der Waals surface area contributed by atoms with Gasteiger partial charge in [-0.15, -0.1) is 0 Å². The van der Waals surface area contributed by atoms with Crippen LogP contribution >= 0.6 is 0 Å². The molecule has 0 bridgehead atoms. The monoisotopic (exact) mass is 607 g/mol. The molecule has 6 aromatic carbocycles. The Morgan fingerprint density at radius 1 is 0.489 bits per heavy atom. The van der Waals surface area contributed by atoms with Crippen LogP contribution in [0.1, 0.15) is 74.9 Å². The molecule has 47 heavy (non-hydrogen) atoms. The van der Waals surface area contributed by atoms with Crippen molar-refractivity contribution in [1.29, 1.82) is 0 Å². The van der Waals surface area contributed by atoms with Crippen molar-refractivity contribution in [1.82, 2.24) is 0 Å². The summed E-state index contributed by atoms with van der Waals surface area (Å²) >= 11 is 0. The molecular formula is C45H37NO. The van der Waals surface area contributed by atoms with Gasteiger partial charge in [-0.05, 0) is 79.9 Å². The summed E-state index contributed by atoms with van der Waals surface area (Å²) in [5, 5.41) is 6.34. The van der Waals surface area contributed by atoms with E-state index in [2.05, 4.69) is 156 Å². The Morgan fingerprint density at radius 3 is 1.87 bits per heavy atom. The fourth-order valence-electron chi connectivity index (χ4n) is 9.62. The summed E-state index contributed by atoms with van der Waals surface area (Å²) in [7, 11) is 0. The Balaban J connectivity index is 1.21. The predicted molar refractivity (Wildman–Crippen MR) is 196 cm³/mol. The highest BCUT2D eigenvalue weighted by Crippen LogP contribution is 2.63. The van der Waals surface area contributed by atoms with Crippen molar-refractivity contribution < 1.29 is 4.42 Å². The molecule has 3 aliphatic rings. The lowest BCUT2D eigenvalue weighted by Crippen LogP contribution is -2.24. The fraction of sp³-hybridized carbons (Fsp3) is 0.200. The first-order valence-electron chi connectivity index (χ1n) is 16.9. The van der Waals surface area contributed by atoms with Gasteiger partial charge in [0, 0.05) is 49.5 Å². The van der Waals surface area contributed by atoms with Gasteiger partial charge in [-0.3, -0.25) is 0 Å². The Morgan fingerprint density at radius 2 is 1.09 bits per heavy atom. The van der Waals surface area contributed by atoms with E-state index in [4.69, 9.17) is 4.42 Å². The van der Waals surface area contributed by atoms with Crippen molar-refractivity contribution in [3.8, 4) is 33.4 Å². The van der Waals surface area contributed by atoms with Gasteiger partial charge < -0.3 is 9.73 Å². The number of furan rings is 1. The van der Waals surface area contributed by atoms with Gasteiger partial charge in [-0.1, -0.05) is 126 Å². The van der Waals surface area contributed by atoms with Gasteiger partial charge in [0.05, 0.1) is 0 Å². The Kier molecular flexibility index (Phi) is 4.97. The maximum atomic E-state index is 6.83. The minimum Gasteiger partial charge on any atom is -0.455 e. The van der Waals surface area contributed by atoms with E-state index in [9.17, 15) is 0 Å². The average molecular weight is 608 g/mol. The van der Waals surface area contributed by atoms with Crippen LogP contribution in [0, 0.1) is 0 Å². The van der Waals surface area contributed by atoms with E-state index in [0.29, 0.717) is 0 Å². The number of fused-ring (bicyclic) bond motifs is 15. The largest absolute Gasteiger partial charge is 0.455 e. The van der Waals surface area contributed by atoms with Gasteiger partial charge in [0.25, 0.3) is 0 Å². The molecule has 0 saturated heterocycles. The second kappa shape index (κ2) is 8.63. The molecule has 3 aliphatic carbocycles. The smallest absolute Gasteiger partial charge is 0.144 e. The zero-order chi connectivity index (χ0) is 32.0. The van der Waals surface area contributed by atoms with E-state index in [0.717, 1.165) is 22.5 Å². The first-order valence-corrected chi connectivity index (χ1v) is 16.9. The van der Waals surface area contributed by atoms with Gasteiger partial charge in [-0.25, -0.2) is 0 Å². The molecule has 10 rings (SSSR count). The van der Waals surface area contributed by atoms with E-state index in [-0.39, 0.29) is 16.2 Å². The third kappa shape index (κ3) is 3.21. The van der Waals surface area contributed by atoms with Crippen molar-refractivity contribution in [3.63, 3.8) is 0 Å². The summed E-state index contributed by atoms with van der Waals surface area (Å²) in [6.45, 7) is 14.3. The molecular weight excluding hydrogens is 571 g/mol. The normalized spacial score (nSPS) is 16.8. The van der Waals surface area contributed by atoms with E-state index < -0.39 is 0 Å². The minimum absolute atomic E-state index is 0.0330. The van der Waals surface area contributed by atoms with Crippen LogP contribution in [-0.2, 0) is 16.2 Å². The summed E-state index contributed by atoms with van der Waals surface area (Å²) in [6, 6.07) is 40.2. The number of para-hydroxylation sites is 1. The zero-order valence-electron chi connectivity index (χ0n) is 27.8. The van der Waals surface area contributed by atoms with E-state index >= 15 is 0 Å². The molecule has 0 fully saturated rings. The Hall–Kier alpha value is -5.08. The first kappa shape index (κ1) is 27.1. The number of benzene rings is 6. The van der Waals surface area contributed by atoms with E-state index in [1.807, 2.05) is 0 Å². The van der Waals surface area contributed by atoms with E-state index in [1.165, 1.54) is 77.5 Å². The van der Waals surface area contributed by atoms with Gasteiger partial charge in [0.2, 0.25) is 0 Å². The second-order valence-electron chi connectivity index (χ2n) is 15.4. The van der Waals surface area contributed by atoms with Gasteiger partial charge >= 0.3 is 0 Å². The zero-order valence-corrected chi connectivity index (χ0v) is 27.8. The van der Waals surface area contributed by atoms with Crippen LogP contribution < -0.4 is 5.32 Å². The maximum Gasteiger partial charge on any atom is 0.144 e. The van der Waals surface area contributed by atoms with Crippen molar-refractivity contribution in [2.45, 2.75) is 57.8 Å². The fourth-order valence-corrected chi connectivity index (χ4v) is 9.62. The number of rotatable bonds is 2. The molecule has 2 nitrogen and oxygen atoms in total. The van der Waals surface area contributed by atoms with E-state index in [1.54, 1.807) is 0 Å². The molecule has 1 N–H and O–H groups in total. The summed E-state index contributed by atoms with van der Waals surface area (Å²) in [5.74, 6) is 0. The predicted octanol–water partition coefficient (Wildman–Crippen LogP) is 12.2. The quantitative estimate of drug-likeness (QED) is 0.211. The lowest BCUT2D eigenvalue weighted by atomic mass is 9.72. The lowest BCUT2D eigenvalue weighted by Gasteiger charge is -2.31. The highest BCUT2D eigenvalue weighted by molar-refractivity contribution is 6.20. The third-order valence-corrected chi connectivity index (χ3v) is 11.8. The number of hydrogen-bond acceptors (Lipinski definition) is 2. The number of hydrogen-bond donors (Lipinski definition) is 1. The third-order valence-electron chi connectivity index (χ3n) is 11.8. The summed E-state index contributed by atoms with van der Waals surface area (Å²) < 4.78 is 6.83. The highest BCUT2D eigenvalue weighted by atomic mass is 16.3. The standard InChI is InChI=1S/C45H37NO/c1-43(2)30-17-10-7-14-26(30)36-32(43)19-13-20-34(36)46-25-22-23-28-33(24-25)45(5,6)40-37(28)38-29-16-9-12-21-35(29)47-42(38)39-27-15-8-11-18-31(27)44(3,4)41(39)40/h7-24,46H,1-6H3. The number of nitrogens with one attached hydrogen (secondary N) is 1. The molecule has 0 aliphatic heterocycles. The molecule has 0 atom stereocenters. The molecule has 7 aromatic rings. The number of anilines is 2. The molecule has 0 saturated carbocycles. The molecule has 1 aromatic heterocycles. The highest BCUT2D eigenvalue weighted by Gasteiger charge is 2.48. The average Bonchev–Trinajstić information content (AvgIpc) is 3.71. The molecule has 1 heterocycles. The summed E-state index contributed by atoms with van der Waals surface area (Å²) in [6.07, 6.45) is 0. The van der Waals surface area contributed by atoms with Crippen LogP contribution in [0.2, 0.25) is 0 Å². The first-order chi connectivity index (χ1) is 22.6. The maximum absolute atomic E-state index is 6.83. The Labute approximate surface area is 276 Å². The summed E-state index contributed by atoms with van der Waals surface area (Å²) in [4.78, 5) is 0. The van der Waals surface area contributed by atoms with Crippen LogP contribution in [0.4, 0.5) is 11.4 Å². The molecule has 2 heteroatoms. The van der Waals surface area contributed by atoms with Crippen LogP contribution in [0.15, 0.2) is 114 Å². The molecule has 0 amide bonds.